The van der Waals surface area contributed by atoms with Crippen molar-refractivity contribution in [1.29, 1.82) is 0 Å². The fraction of sp³-hybridized carbons (Fsp3) is 1.00. The minimum absolute atomic E-state index is 0.702. The molecule has 0 aromatic heterocycles. The van der Waals surface area contributed by atoms with E-state index in [0.29, 0.717) is 5.88 Å². The highest BCUT2D eigenvalue weighted by Crippen LogP contribution is 2.17. The van der Waals surface area contributed by atoms with Gasteiger partial charge in [0.2, 0.25) is 0 Å². The Morgan fingerprint density at radius 1 is 1.07 bits per heavy atom. The van der Waals surface area contributed by atoms with E-state index in [1.54, 1.807) is 0 Å². The molecule has 0 saturated carbocycles. The fourth-order valence-corrected chi connectivity index (χ4v) is 4.03. The van der Waals surface area contributed by atoms with Crippen LogP contribution in [0.15, 0.2) is 0 Å². The SMILES string of the molecule is CCCO[Si](C)(CCCCl)OCCC. The summed E-state index contributed by atoms with van der Waals surface area (Å²) in [7, 11) is -1.90. The number of rotatable bonds is 9. The van der Waals surface area contributed by atoms with E-state index in [1.165, 1.54) is 0 Å². The van der Waals surface area contributed by atoms with Gasteiger partial charge in [-0.2, -0.15) is 0 Å². The lowest BCUT2D eigenvalue weighted by Crippen LogP contribution is -2.39. The molecule has 0 aliphatic heterocycles. The van der Waals surface area contributed by atoms with Crippen molar-refractivity contribution in [2.24, 2.45) is 0 Å². The quantitative estimate of drug-likeness (QED) is 0.452. The Morgan fingerprint density at radius 3 is 1.93 bits per heavy atom. The first-order valence-electron chi connectivity index (χ1n) is 5.52. The molecular formula is C10H23ClO2Si. The molecule has 0 unspecified atom stereocenters. The molecule has 0 aromatic carbocycles. The van der Waals surface area contributed by atoms with Crippen LogP contribution in [0.2, 0.25) is 12.6 Å². The zero-order valence-corrected chi connectivity index (χ0v) is 11.4. The molecule has 0 atom stereocenters. The first-order chi connectivity index (χ1) is 6.68. The zero-order chi connectivity index (χ0) is 10.9. The summed E-state index contributed by atoms with van der Waals surface area (Å²) < 4.78 is 11.7. The molecule has 0 aliphatic rings. The standard InChI is InChI=1S/C10H23ClO2Si/c1-4-8-12-14(3,10-6-7-11)13-9-5-2/h4-10H2,1-3H3. The molecule has 0 fully saturated rings. The van der Waals surface area contributed by atoms with E-state index in [4.69, 9.17) is 20.5 Å². The van der Waals surface area contributed by atoms with Crippen LogP contribution in [-0.2, 0) is 8.85 Å². The van der Waals surface area contributed by atoms with Crippen LogP contribution < -0.4 is 0 Å². The largest absolute Gasteiger partial charge is 0.394 e. The van der Waals surface area contributed by atoms with E-state index in [1.807, 2.05) is 0 Å². The smallest absolute Gasteiger partial charge is 0.334 e. The third-order valence-corrected chi connectivity index (χ3v) is 5.15. The Hall–Kier alpha value is 0.427. The van der Waals surface area contributed by atoms with Crippen molar-refractivity contribution in [2.75, 3.05) is 19.1 Å². The first kappa shape index (κ1) is 14.4. The monoisotopic (exact) mass is 238 g/mol. The summed E-state index contributed by atoms with van der Waals surface area (Å²) in [5, 5.41) is 0. The maximum absolute atomic E-state index is 5.84. The first-order valence-corrected chi connectivity index (χ1v) is 8.58. The number of halogens is 1. The Labute approximate surface area is 94.2 Å². The predicted molar refractivity (Wildman–Crippen MR) is 64.2 cm³/mol. The third kappa shape index (κ3) is 6.82. The van der Waals surface area contributed by atoms with E-state index in [2.05, 4.69) is 20.4 Å². The molecule has 0 saturated heterocycles. The van der Waals surface area contributed by atoms with Crippen LogP contribution in [-0.4, -0.2) is 27.7 Å². The van der Waals surface area contributed by atoms with Gasteiger partial charge in [-0.15, -0.1) is 11.6 Å². The highest BCUT2D eigenvalue weighted by molar-refractivity contribution is 6.66. The molecule has 4 heteroatoms. The normalized spacial score (nSPS) is 12.0. The lowest BCUT2D eigenvalue weighted by molar-refractivity contribution is 0.173. The minimum Gasteiger partial charge on any atom is -0.394 e. The van der Waals surface area contributed by atoms with E-state index < -0.39 is 8.56 Å². The van der Waals surface area contributed by atoms with E-state index in [9.17, 15) is 0 Å². The van der Waals surface area contributed by atoms with Gasteiger partial charge >= 0.3 is 8.56 Å². The number of hydrogen-bond acceptors (Lipinski definition) is 2. The second-order valence-corrected chi connectivity index (χ2v) is 7.35. The molecule has 0 spiro atoms. The molecule has 0 aromatic rings. The van der Waals surface area contributed by atoms with Crippen LogP contribution in [0.4, 0.5) is 0 Å². The second-order valence-electron chi connectivity index (χ2n) is 3.62. The molecule has 0 aliphatic carbocycles. The average molecular weight is 239 g/mol. The van der Waals surface area contributed by atoms with Crippen LogP contribution in [0.25, 0.3) is 0 Å². The van der Waals surface area contributed by atoms with Crippen LogP contribution in [0.3, 0.4) is 0 Å². The molecule has 0 N–H and O–H groups in total. The van der Waals surface area contributed by atoms with Crippen LogP contribution >= 0.6 is 11.6 Å². The fourth-order valence-electron chi connectivity index (χ4n) is 1.21. The molecule has 2 nitrogen and oxygen atoms in total. The van der Waals surface area contributed by atoms with Gasteiger partial charge in [-0.3, -0.25) is 0 Å². The molecule has 0 rings (SSSR count). The van der Waals surface area contributed by atoms with E-state index >= 15 is 0 Å². The van der Waals surface area contributed by atoms with Crippen molar-refractivity contribution in [3.05, 3.63) is 0 Å². The Kier molecular flexibility index (Phi) is 8.98. The third-order valence-electron chi connectivity index (χ3n) is 1.99. The highest BCUT2D eigenvalue weighted by Gasteiger charge is 2.30. The Bertz CT molecular complexity index is 112. The molecule has 0 radical (unpaired) electrons. The molecule has 0 heterocycles. The highest BCUT2D eigenvalue weighted by atomic mass is 35.5. The van der Waals surface area contributed by atoms with Gasteiger partial charge in [0.25, 0.3) is 0 Å². The van der Waals surface area contributed by atoms with Gasteiger partial charge in [0.1, 0.15) is 0 Å². The van der Waals surface area contributed by atoms with Gasteiger partial charge in [-0.05, 0) is 31.9 Å². The maximum Gasteiger partial charge on any atom is 0.334 e. The number of hydrogen-bond donors (Lipinski definition) is 0. The number of alkyl halides is 1. The van der Waals surface area contributed by atoms with Crippen molar-refractivity contribution in [1.82, 2.24) is 0 Å². The van der Waals surface area contributed by atoms with Gasteiger partial charge in [-0.1, -0.05) is 13.8 Å². The molecule has 0 bridgehead atoms. The van der Waals surface area contributed by atoms with Crippen LogP contribution in [0, 0.1) is 0 Å². The topological polar surface area (TPSA) is 18.5 Å². The van der Waals surface area contributed by atoms with Gasteiger partial charge in [0.15, 0.2) is 0 Å². The summed E-state index contributed by atoms with van der Waals surface area (Å²) >= 11 is 5.69. The van der Waals surface area contributed by atoms with Crippen molar-refractivity contribution < 1.29 is 8.85 Å². The summed E-state index contributed by atoms with van der Waals surface area (Å²) in [6.45, 7) is 8.01. The van der Waals surface area contributed by atoms with Crippen molar-refractivity contribution in [3.8, 4) is 0 Å². The molecular weight excluding hydrogens is 216 g/mol. The van der Waals surface area contributed by atoms with E-state index in [0.717, 1.165) is 38.5 Å². The summed E-state index contributed by atoms with van der Waals surface area (Å²) in [5.41, 5.74) is 0. The van der Waals surface area contributed by atoms with E-state index in [-0.39, 0.29) is 0 Å². The summed E-state index contributed by atoms with van der Waals surface area (Å²) in [4.78, 5) is 0. The predicted octanol–water partition coefficient (Wildman–Crippen LogP) is 3.54. The van der Waals surface area contributed by atoms with Crippen molar-refractivity contribution in [3.63, 3.8) is 0 Å². The van der Waals surface area contributed by atoms with Crippen LogP contribution in [0.1, 0.15) is 33.1 Å². The average Bonchev–Trinajstić information content (AvgIpc) is 2.21. The Balaban J connectivity index is 3.89. The van der Waals surface area contributed by atoms with Gasteiger partial charge < -0.3 is 8.85 Å². The van der Waals surface area contributed by atoms with Gasteiger partial charge in [0, 0.05) is 19.1 Å². The summed E-state index contributed by atoms with van der Waals surface area (Å²) in [5.74, 6) is 0.702. The molecule has 0 amide bonds. The zero-order valence-electron chi connectivity index (χ0n) is 9.64. The van der Waals surface area contributed by atoms with Gasteiger partial charge in [-0.25, -0.2) is 0 Å². The van der Waals surface area contributed by atoms with Crippen LogP contribution in [0.5, 0.6) is 0 Å². The summed E-state index contributed by atoms with van der Waals surface area (Å²) in [6, 6.07) is 1.01. The summed E-state index contributed by atoms with van der Waals surface area (Å²) in [6.07, 6.45) is 3.11. The maximum atomic E-state index is 5.84. The molecule has 14 heavy (non-hydrogen) atoms. The van der Waals surface area contributed by atoms with Gasteiger partial charge in [0.05, 0.1) is 0 Å². The minimum atomic E-state index is -1.90. The van der Waals surface area contributed by atoms with Crippen molar-refractivity contribution >= 4 is 20.2 Å². The molecule has 86 valence electrons. The second kappa shape index (κ2) is 8.71. The van der Waals surface area contributed by atoms with Crippen molar-refractivity contribution in [2.45, 2.75) is 45.7 Å². The Morgan fingerprint density at radius 2 is 1.57 bits per heavy atom. The lowest BCUT2D eigenvalue weighted by atomic mass is 10.5. The lowest BCUT2D eigenvalue weighted by Gasteiger charge is -2.26.